The highest BCUT2D eigenvalue weighted by molar-refractivity contribution is 5.59. The van der Waals surface area contributed by atoms with Gasteiger partial charge < -0.3 is 9.47 Å². The molecule has 3 heteroatoms. The molecule has 0 aliphatic heterocycles. The first-order valence-corrected chi connectivity index (χ1v) is 3.38. The second kappa shape index (κ2) is 6.39. The van der Waals surface area contributed by atoms with Gasteiger partial charge in [0.25, 0.3) is 0 Å². The fourth-order valence-electron chi connectivity index (χ4n) is 0.378. The van der Waals surface area contributed by atoms with Crippen molar-refractivity contribution in [3.63, 3.8) is 0 Å². The minimum absolute atomic E-state index is 0.322. The van der Waals surface area contributed by atoms with E-state index in [9.17, 15) is 4.79 Å². The standard InChI is InChI=1S/C7H13O3/c1-3-5-9-7(8)10-6-4-2/h3H,4-6H2,1-2H3. The molecule has 0 saturated carbocycles. The Morgan fingerprint density at radius 2 is 2.20 bits per heavy atom. The predicted molar refractivity (Wildman–Crippen MR) is 37.6 cm³/mol. The lowest BCUT2D eigenvalue weighted by molar-refractivity contribution is 0.0611. The van der Waals surface area contributed by atoms with Gasteiger partial charge in [0.05, 0.1) is 13.2 Å². The molecule has 0 unspecified atom stereocenters. The Morgan fingerprint density at radius 3 is 2.70 bits per heavy atom. The maximum atomic E-state index is 10.5. The van der Waals surface area contributed by atoms with Gasteiger partial charge in [-0.05, 0) is 12.8 Å². The molecule has 0 aliphatic carbocycles. The summed E-state index contributed by atoms with van der Waals surface area (Å²) >= 11 is 0. The molecule has 0 aromatic carbocycles. The zero-order chi connectivity index (χ0) is 7.82. The van der Waals surface area contributed by atoms with Crippen LogP contribution in [0.3, 0.4) is 0 Å². The topological polar surface area (TPSA) is 35.5 Å². The molecular formula is C7H13O3. The van der Waals surface area contributed by atoms with Crippen molar-refractivity contribution in [2.75, 3.05) is 13.2 Å². The molecule has 59 valence electrons. The Kier molecular flexibility index (Phi) is 5.92. The first kappa shape index (κ1) is 9.27. The molecule has 0 aliphatic rings. The Hall–Kier alpha value is -0.730. The summed E-state index contributed by atoms with van der Waals surface area (Å²) in [6, 6.07) is 0. The summed E-state index contributed by atoms with van der Waals surface area (Å²) in [7, 11) is 0. The van der Waals surface area contributed by atoms with Crippen LogP contribution in [0.2, 0.25) is 0 Å². The maximum Gasteiger partial charge on any atom is 0.508 e. The molecule has 10 heavy (non-hydrogen) atoms. The number of carbonyl (C=O) groups excluding carboxylic acids is 1. The average molecular weight is 145 g/mol. The van der Waals surface area contributed by atoms with Crippen LogP contribution in [0.25, 0.3) is 0 Å². The van der Waals surface area contributed by atoms with E-state index >= 15 is 0 Å². The van der Waals surface area contributed by atoms with E-state index in [1.807, 2.05) is 13.8 Å². The van der Waals surface area contributed by atoms with Crippen molar-refractivity contribution in [3.05, 3.63) is 6.42 Å². The van der Waals surface area contributed by atoms with E-state index in [0.29, 0.717) is 13.2 Å². The lowest BCUT2D eigenvalue weighted by Gasteiger charge is -2.02. The molecule has 1 radical (unpaired) electrons. The van der Waals surface area contributed by atoms with E-state index < -0.39 is 6.16 Å². The van der Waals surface area contributed by atoms with Crippen molar-refractivity contribution in [1.82, 2.24) is 0 Å². The smallest absolute Gasteiger partial charge is 0.434 e. The molecule has 0 atom stereocenters. The van der Waals surface area contributed by atoms with Crippen LogP contribution in [0.1, 0.15) is 20.3 Å². The monoisotopic (exact) mass is 145 g/mol. The third kappa shape index (κ3) is 5.41. The van der Waals surface area contributed by atoms with Crippen LogP contribution >= 0.6 is 0 Å². The van der Waals surface area contributed by atoms with Crippen molar-refractivity contribution in [2.45, 2.75) is 20.3 Å². The highest BCUT2D eigenvalue weighted by atomic mass is 16.7. The highest BCUT2D eigenvalue weighted by Crippen LogP contribution is 1.88. The molecular weight excluding hydrogens is 132 g/mol. The molecule has 0 bridgehead atoms. The number of rotatable bonds is 4. The van der Waals surface area contributed by atoms with Gasteiger partial charge in [0.2, 0.25) is 0 Å². The fraction of sp³-hybridized carbons (Fsp3) is 0.714. The average Bonchev–Trinajstić information content (AvgIpc) is 1.97. The Bertz CT molecular complexity index is 80.9. The van der Waals surface area contributed by atoms with Gasteiger partial charge in [-0.1, -0.05) is 13.8 Å². The van der Waals surface area contributed by atoms with Gasteiger partial charge >= 0.3 is 6.16 Å². The van der Waals surface area contributed by atoms with Crippen molar-refractivity contribution < 1.29 is 14.3 Å². The fourth-order valence-corrected chi connectivity index (χ4v) is 0.378. The molecule has 0 saturated heterocycles. The zero-order valence-corrected chi connectivity index (χ0v) is 6.42. The molecule has 0 rings (SSSR count). The predicted octanol–water partition coefficient (Wildman–Crippen LogP) is 1.77. The van der Waals surface area contributed by atoms with Crippen LogP contribution in [0.15, 0.2) is 0 Å². The van der Waals surface area contributed by atoms with E-state index in [0.717, 1.165) is 6.42 Å². The van der Waals surface area contributed by atoms with Crippen LogP contribution < -0.4 is 0 Å². The van der Waals surface area contributed by atoms with Gasteiger partial charge in [-0.25, -0.2) is 4.79 Å². The summed E-state index contributed by atoms with van der Waals surface area (Å²) in [5.41, 5.74) is 0. The van der Waals surface area contributed by atoms with Crippen molar-refractivity contribution in [1.29, 1.82) is 0 Å². The van der Waals surface area contributed by atoms with E-state index in [-0.39, 0.29) is 0 Å². The van der Waals surface area contributed by atoms with Gasteiger partial charge in [0, 0.05) is 0 Å². The Labute approximate surface area is 61.3 Å². The number of hydrogen-bond donors (Lipinski definition) is 0. The van der Waals surface area contributed by atoms with Gasteiger partial charge in [0.1, 0.15) is 0 Å². The largest absolute Gasteiger partial charge is 0.508 e. The first-order valence-electron chi connectivity index (χ1n) is 3.38. The first-order chi connectivity index (χ1) is 4.81. The summed E-state index contributed by atoms with van der Waals surface area (Å²) in [5.74, 6) is 0. The summed E-state index contributed by atoms with van der Waals surface area (Å²) in [5, 5.41) is 0. The Morgan fingerprint density at radius 1 is 1.50 bits per heavy atom. The zero-order valence-electron chi connectivity index (χ0n) is 6.42. The number of carbonyl (C=O) groups is 1. The second-order valence-electron chi connectivity index (χ2n) is 1.82. The molecule has 0 N–H and O–H groups in total. The van der Waals surface area contributed by atoms with Crippen LogP contribution in [0.5, 0.6) is 0 Å². The van der Waals surface area contributed by atoms with E-state index in [1.54, 1.807) is 6.42 Å². The van der Waals surface area contributed by atoms with Gasteiger partial charge in [-0.15, -0.1) is 0 Å². The third-order valence-electron chi connectivity index (χ3n) is 0.792. The lowest BCUT2D eigenvalue weighted by atomic mass is 10.5. The summed E-state index contributed by atoms with van der Waals surface area (Å²) in [6.07, 6.45) is 1.98. The van der Waals surface area contributed by atoms with Gasteiger partial charge in [-0.3, -0.25) is 0 Å². The minimum atomic E-state index is -0.583. The molecule has 0 fully saturated rings. The molecule has 0 aromatic rings. The summed E-state index contributed by atoms with van der Waals surface area (Å²) in [6.45, 7) is 4.50. The minimum Gasteiger partial charge on any atom is -0.434 e. The van der Waals surface area contributed by atoms with Crippen molar-refractivity contribution in [3.8, 4) is 0 Å². The molecule has 0 amide bonds. The van der Waals surface area contributed by atoms with Gasteiger partial charge in [0.15, 0.2) is 0 Å². The van der Waals surface area contributed by atoms with E-state index in [4.69, 9.17) is 0 Å². The van der Waals surface area contributed by atoms with Crippen LogP contribution in [-0.2, 0) is 9.47 Å². The van der Waals surface area contributed by atoms with Gasteiger partial charge in [-0.2, -0.15) is 0 Å². The summed E-state index contributed by atoms with van der Waals surface area (Å²) in [4.78, 5) is 10.5. The quantitative estimate of drug-likeness (QED) is 0.565. The lowest BCUT2D eigenvalue weighted by Crippen LogP contribution is -2.08. The maximum absolute atomic E-state index is 10.5. The van der Waals surface area contributed by atoms with Crippen LogP contribution in [0.4, 0.5) is 4.79 Å². The Balaban J connectivity index is 3.09. The molecule has 3 nitrogen and oxygen atoms in total. The van der Waals surface area contributed by atoms with Crippen molar-refractivity contribution >= 4 is 6.16 Å². The highest BCUT2D eigenvalue weighted by Gasteiger charge is 1.99. The number of hydrogen-bond acceptors (Lipinski definition) is 3. The van der Waals surface area contributed by atoms with Crippen molar-refractivity contribution in [2.24, 2.45) is 0 Å². The normalized spacial score (nSPS) is 9.00. The van der Waals surface area contributed by atoms with Crippen LogP contribution in [0, 0.1) is 6.42 Å². The number of ether oxygens (including phenoxy) is 2. The van der Waals surface area contributed by atoms with E-state index in [2.05, 4.69) is 9.47 Å². The third-order valence-corrected chi connectivity index (χ3v) is 0.792. The molecule has 0 spiro atoms. The van der Waals surface area contributed by atoms with E-state index in [1.165, 1.54) is 0 Å². The van der Waals surface area contributed by atoms with Crippen LogP contribution in [-0.4, -0.2) is 19.4 Å². The second-order valence-corrected chi connectivity index (χ2v) is 1.82. The summed E-state index contributed by atoms with van der Waals surface area (Å²) < 4.78 is 9.19. The molecule has 0 aromatic heterocycles. The SMILES string of the molecule is C[CH]COC(=O)OCCC. The molecule has 0 heterocycles.